The highest BCUT2D eigenvalue weighted by Crippen LogP contribution is 2.32. The summed E-state index contributed by atoms with van der Waals surface area (Å²) in [5, 5.41) is 8.27. The van der Waals surface area contributed by atoms with Crippen molar-refractivity contribution in [2.24, 2.45) is 7.05 Å². The van der Waals surface area contributed by atoms with E-state index < -0.39 is 0 Å². The van der Waals surface area contributed by atoms with Crippen LogP contribution >= 0.6 is 15.9 Å². The van der Waals surface area contributed by atoms with Crippen molar-refractivity contribution in [3.05, 3.63) is 45.7 Å². The number of hydrogen-bond donors (Lipinski definition) is 1. The lowest BCUT2D eigenvalue weighted by Gasteiger charge is -2.22. The molecule has 0 saturated carbocycles. The van der Waals surface area contributed by atoms with Crippen molar-refractivity contribution in [1.29, 1.82) is 0 Å². The van der Waals surface area contributed by atoms with Crippen molar-refractivity contribution < 1.29 is 0 Å². The smallest absolute Gasteiger partial charge is 0.0707 e. The fraction of sp³-hybridized carbons (Fsp3) is 0.438. The van der Waals surface area contributed by atoms with Gasteiger partial charge in [-0.3, -0.25) is 4.68 Å². The van der Waals surface area contributed by atoms with Gasteiger partial charge in [0.1, 0.15) is 0 Å². The Bertz CT molecular complexity index is 601. The van der Waals surface area contributed by atoms with Crippen LogP contribution in [0.15, 0.2) is 28.7 Å². The maximum atomic E-state index is 4.73. The first kappa shape index (κ1) is 13.7. The van der Waals surface area contributed by atoms with E-state index in [2.05, 4.69) is 52.4 Å². The van der Waals surface area contributed by atoms with E-state index in [1.54, 1.807) is 0 Å². The predicted molar refractivity (Wildman–Crippen MR) is 86.3 cm³/mol. The molecule has 0 radical (unpaired) electrons. The zero-order valence-electron chi connectivity index (χ0n) is 12.0. The lowest BCUT2D eigenvalue weighted by Crippen LogP contribution is -2.18. The molecule has 0 fully saturated rings. The van der Waals surface area contributed by atoms with Gasteiger partial charge in [-0.2, -0.15) is 5.10 Å². The molecule has 3 nitrogen and oxygen atoms in total. The molecule has 1 aromatic carbocycles. The summed E-state index contributed by atoms with van der Waals surface area (Å²) < 4.78 is 3.14. The first-order valence-corrected chi connectivity index (χ1v) is 7.96. The van der Waals surface area contributed by atoms with Crippen LogP contribution in [0.4, 0.5) is 5.69 Å². The summed E-state index contributed by atoms with van der Waals surface area (Å²) in [7, 11) is 2.05. The van der Waals surface area contributed by atoms with Crippen LogP contribution in [-0.2, 0) is 13.5 Å². The molecule has 0 spiro atoms. The second-order valence-electron chi connectivity index (χ2n) is 5.55. The third-order valence-electron chi connectivity index (χ3n) is 4.25. The molecule has 1 unspecified atom stereocenters. The third kappa shape index (κ3) is 2.62. The van der Waals surface area contributed by atoms with Crippen LogP contribution in [0, 0.1) is 6.92 Å². The average molecular weight is 334 g/mol. The monoisotopic (exact) mass is 333 g/mol. The van der Waals surface area contributed by atoms with Gasteiger partial charge >= 0.3 is 0 Å². The molecular weight excluding hydrogens is 314 g/mol. The van der Waals surface area contributed by atoms with Gasteiger partial charge in [0.05, 0.1) is 5.69 Å². The van der Waals surface area contributed by atoms with Gasteiger partial charge in [0.2, 0.25) is 0 Å². The molecule has 0 amide bonds. The molecule has 1 aromatic heterocycles. The maximum Gasteiger partial charge on any atom is 0.0707 e. The molecule has 1 aliphatic carbocycles. The van der Waals surface area contributed by atoms with Gasteiger partial charge in [0.15, 0.2) is 0 Å². The van der Waals surface area contributed by atoms with Crippen LogP contribution in [0.5, 0.6) is 0 Å². The van der Waals surface area contributed by atoms with Gasteiger partial charge in [-0.05, 0) is 56.0 Å². The van der Waals surface area contributed by atoms with Crippen molar-refractivity contribution in [2.45, 2.75) is 32.1 Å². The lowest BCUT2D eigenvalue weighted by molar-refractivity contribution is 0.554. The first-order chi connectivity index (χ1) is 9.65. The number of fused-ring (bicyclic) bond motifs is 1. The number of aromatic nitrogens is 2. The van der Waals surface area contributed by atoms with Gasteiger partial charge in [-0.25, -0.2) is 0 Å². The number of nitrogens with one attached hydrogen (secondary N) is 1. The summed E-state index contributed by atoms with van der Waals surface area (Å²) in [5.74, 6) is 0.530. The van der Waals surface area contributed by atoms with E-state index in [1.807, 2.05) is 11.7 Å². The Morgan fingerprint density at radius 3 is 2.85 bits per heavy atom. The Morgan fingerprint density at radius 1 is 1.35 bits per heavy atom. The molecule has 1 aliphatic rings. The average Bonchev–Trinajstić information content (AvgIpc) is 2.75. The number of nitrogens with zero attached hydrogens (tertiary/aromatic N) is 2. The molecule has 4 heteroatoms. The quantitative estimate of drug-likeness (QED) is 0.919. The summed E-state index contributed by atoms with van der Waals surface area (Å²) in [6, 6.07) is 8.36. The molecule has 3 rings (SSSR count). The van der Waals surface area contributed by atoms with Crippen LogP contribution in [0.1, 0.15) is 35.7 Å². The van der Waals surface area contributed by atoms with E-state index in [-0.39, 0.29) is 0 Å². The first-order valence-electron chi connectivity index (χ1n) is 7.17. The third-order valence-corrected chi connectivity index (χ3v) is 4.78. The second kappa shape index (κ2) is 5.60. The summed E-state index contributed by atoms with van der Waals surface area (Å²) in [4.78, 5) is 0. The summed E-state index contributed by atoms with van der Waals surface area (Å²) in [6.07, 6.45) is 3.68. The number of benzene rings is 1. The van der Waals surface area contributed by atoms with Crippen LogP contribution < -0.4 is 5.32 Å². The van der Waals surface area contributed by atoms with Crippen LogP contribution in [0.25, 0.3) is 0 Å². The fourth-order valence-corrected chi connectivity index (χ4v) is 3.25. The Hall–Kier alpha value is -1.29. The minimum Gasteiger partial charge on any atom is -0.384 e. The molecule has 1 heterocycles. The Morgan fingerprint density at radius 2 is 2.10 bits per heavy atom. The summed E-state index contributed by atoms with van der Waals surface area (Å²) in [6.45, 7) is 3.14. The molecule has 0 aliphatic heterocycles. The van der Waals surface area contributed by atoms with Gasteiger partial charge in [0.25, 0.3) is 0 Å². The topological polar surface area (TPSA) is 29.9 Å². The molecule has 0 saturated heterocycles. The van der Waals surface area contributed by atoms with Crippen molar-refractivity contribution in [3.63, 3.8) is 0 Å². The van der Waals surface area contributed by atoms with E-state index in [0.717, 1.165) is 11.0 Å². The maximum absolute atomic E-state index is 4.73. The Balaban J connectivity index is 1.73. The number of anilines is 1. The fourth-order valence-electron chi connectivity index (χ4n) is 2.98. The Kier molecular flexibility index (Phi) is 3.83. The van der Waals surface area contributed by atoms with E-state index in [0.29, 0.717) is 5.92 Å². The highest BCUT2D eigenvalue weighted by molar-refractivity contribution is 9.10. The molecular formula is C16H20BrN3. The van der Waals surface area contributed by atoms with Gasteiger partial charge < -0.3 is 5.32 Å². The van der Waals surface area contributed by atoms with Crippen molar-refractivity contribution in [1.82, 2.24) is 9.78 Å². The van der Waals surface area contributed by atoms with E-state index in [4.69, 9.17) is 5.10 Å². The van der Waals surface area contributed by atoms with Crippen LogP contribution in [0.2, 0.25) is 0 Å². The van der Waals surface area contributed by atoms with E-state index in [9.17, 15) is 0 Å². The van der Waals surface area contributed by atoms with E-state index in [1.165, 1.54) is 41.9 Å². The highest BCUT2D eigenvalue weighted by atomic mass is 79.9. The normalized spacial score (nSPS) is 17.9. The predicted octanol–water partition coefficient (Wildman–Crippen LogP) is 4.02. The van der Waals surface area contributed by atoms with Crippen molar-refractivity contribution >= 4 is 21.6 Å². The SMILES string of the molecule is Cc1c2c(nn1C)C(CNc1ccc(Br)cc1)CCC2. The molecule has 2 aromatic rings. The van der Waals surface area contributed by atoms with E-state index >= 15 is 0 Å². The van der Waals surface area contributed by atoms with Gasteiger partial charge in [-0.15, -0.1) is 0 Å². The largest absolute Gasteiger partial charge is 0.384 e. The van der Waals surface area contributed by atoms with Crippen LogP contribution in [-0.4, -0.2) is 16.3 Å². The molecule has 106 valence electrons. The zero-order chi connectivity index (χ0) is 14.1. The van der Waals surface area contributed by atoms with Crippen LogP contribution in [0.3, 0.4) is 0 Å². The summed E-state index contributed by atoms with van der Waals surface area (Å²) in [5.41, 5.74) is 5.28. The number of halogens is 1. The van der Waals surface area contributed by atoms with Gasteiger partial charge in [-0.1, -0.05) is 15.9 Å². The number of aryl methyl sites for hydroxylation is 1. The molecule has 1 N–H and O–H groups in total. The van der Waals surface area contributed by atoms with Gasteiger partial charge in [0, 0.05) is 35.4 Å². The minimum atomic E-state index is 0.530. The lowest BCUT2D eigenvalue weighted by atomic mass is 9.87. The number of hydrogen-bond acceptors (Lipinski definition) is 2. The van der Waals surface area contributed by atoms with Crippen molar-refractivity contribution in [2.75, 3.05) is 11.9 Å². The molecule has 0 bridgehead atoms. The molecule has 20 heavy (non-hydrogen) atoms. The minimum absolute atomic E-state index is 0.530. The standard InChI is InChI=1S/C16H20BrN3/c1-11-15-5-3-4-12(16(15)19-20(11)2)10-18-14-8-6-13(17)7-9-14/h6-9,12,18H,3-5,10H2,1-2H3. The van der Waals surface area contributed by atoms with Crippen molar-refractivity contribution in [3.8, 4) is 0 Å². The number of rotatable bonds is 3. The highest BCUT2D eigenvalue weighted by Gasteiger charge is 2.25. The zero-order valence-corrected chi connectivity index (χ0v) is 13.6. The Labute approximate surface area is 128 Å². The molecule has 1 atom stereocenters. The second-order valence-corrected chi connectivity index (χ2v) is 6.47. The summed E-state index contributed by atoms with van der Waals surface area (Å²) >= 11 is 3.46.